The number of benzene rings is 3. The highest BCUT2D eigenvalue weighted by Crippen LogP contribution is 2.33. The number of hydrogen-bond acceptors (Lipinski definition) is 7. The van der Waals surface area contributed by atoms with Gasteiger partial charge in [0.15, 0.2) is 11.0 Å². The van der Waals surface area contributed by atoms with E-state index in [9.17, 15) is 4.79 Å². The van der Waals surface area contributed by atoms with Crippen LogP contribution >= 0.6 is 11.8 Å². The van der Waals surface area contributed by atoms with Crippen molar-refractivity contribution in [2.45, 2.75) is 11.8 Å². The van der Waals surface area contributed by atoms with Crippen LogP contribution in [0.4, 0.5) is 0 Å². The molecular formula is C25H23N3O4S. The molecule has 0 spiro atoms. The summed E-state index contributed by atoms with van der Waals surface area (Å²) in [6.45, 7) is 0.231. The van der Waals surface area contributed by atoms with Crippen LogP contribution in [0.15, 0.2) is 84.0 Å². The maximum atomic E-state index is 12.4. The molecule has 3 aromatic carbocycles. The zero-order valence-electron chi connectivity index (χ0n) is 18.3. The number of hydrogen-bond donors (Lipinski definition) is 0. The summed E-state index contributed by atoms with van der Waals surface area (Å²) in [7, 11) is 3.23. The molecule has 1 heterocycles. The van der Waals surface area contributed by atoms with Crippen LogP contribution in [0.1, 0.15) is 5.56 Å². The van der Waals surface area contributed by atoms with Crippen molar-refractivity contribution >= 4 is 17.7 Å². The normalized spacial score (nSPS) is 10.6. The van der Waals surface area contributed by atoms with Gasteiger partial charge in [0.25, 0.3) is 0 Å². The molecule has 0 fully saturated rings. The van der Waals surface area contributed by atoms with Crippen LogP contribution in [-0.4, -0.2) is 40.7 Å². The Morgan fingerprint density at radius 1 is 0.909 bits per heavy atom. The van der Waals surface area contributed by atoms with E-state index in [2.05, 4.69) is 10.2 Å². The average molecular weight is 462 g/mol. The van der Waals surface area contributed by atoms with Crippen LogP contribution in [-0.2, 0) is 16.1 Å². The maximum absolute atomic E-state index is 12.4. The Morgan fingerprint density at radius 3 is 2.48 bits per heavy atom. The number of para-hydroxylation sites is 2. The molecule has 0 aliphatic rings. The van der Waals surface area contributed by atoms with Crippen molar-refractivity contribution in [1.82, 2.24) is 14.8 Å². The smallest absolute Gasteiger partial charge is 0.316 e. The standard InChI is InChI=1S/C25H23N3O4S/c1-30-20-12-8-11-19(15-20)24-26-27-25(28(24)21-13-6-7-14-22(21)31-2)33-17-23(29)32-16-18-9-4-3-5-10-18/h3-15H,16-17H2,1-2H3. The van der Waals surface area contributed by atoms with Crippen LogP contribution in [0.3, 0.4) is 0 Å². The van der Waals surface area contributed by atoms with E-state index in [1.807, 2.05) is 83.4 Å². The molecule has 8 heteroatoms. The first kappa shape index (κ1) is 22.4. The Morgan fingerprint density at radius 2 is 1.70 bits per heavy atom. The van der Waals surface area contributed by atoms with E-state index < -0.39 is 0 Å². The molecule has 0 saturated heterocycles. The number of rotatable bonds is 9. The van der Waals surface area contributed by atoms with Crippen molar-refractivity contribution in [3.05, 3.63) is 84.4 Å². The summed E-state index contributed by atoms with van der Waals surface area (Å²) in [6.07, 6.45) is 0. The summed E-state index contributed by atoms with van der Waals surface area (Å²) in [5.74, 6) is 1.74. The van der Waals surface area contributed by atoms with E-state index in [4.69, 9.17) is 14.2 Å². The molecule has 7 nitrogen and oxygen atoms in total. The summed E-state index contributed by atoms with van der Waals surface area (Å²) < 4.78 is 18.2. The first-order valence-corrected chi connectivity index (χ1v) is 11.2. The summed E-state index contributed by atoms with van der Waals surface area (Å²) in [5.41, 5.74) is 2.53. The zero-order chi connectivity index (χ0) is 23.0. The first-order valence-electron chi connectivity index (χ1n) is 10.2. The van der Waals surface area contributed by atoms with Crippen molar-refractivity contribution < 1.29 is 19.0 Å². The Bertz CT molecular complexity index is 1230. The molecule has 1 aromatic heterocycles. The van der Waals surface area contributed by atoms with Crippen molar-refractivity contribution in [1.29, 1.82) is 0 Å². The molecule has 168 valence electrons. The minimum absolute atomic E-state index is 0.0955. The number of aromatic nitrogens is 3. The van der Waals surface area contributed by atoms with Crippen molar-refractivity contribution in [3.8, 4) is 28.6 Å². The third-order valence-corrected chi connectivity index (χ3v) is 5.75. The van der Waals surface area contributed by atoms with Gasteiger partial charge in [0.1, 0.15) is 18.1 Å². The Hall–Kier alpha value is -3.78. The molecular weight excluding hydrogens is 438 g/mol. The molecule has 4 rings (SSSR count). The monoisotopic (exact) mass is 461 g/mol. The van der Waals surface area contributed by atoms with E-state index in [1.54, 1.807) is 14.2 Å². The van der Waals surface area contributed by atoms with Crippen LogP contribution in [0, 0.1) is 0 Å². The van der Waals surface area contributed by atoms with Gasteiger partial charge in [0.2, 0.25) is 0 Å². The fourth-order valence-electron chi connectivity index (χ4n) is 3.25. The van der Waals surface area contributed by atoms with Gasteiger partial charge in [-0.05, 0) is 29.8 Å². The lowest BCUT2D eigenvalue weighted by molar-refractivity contribution is -0.141. The quantitative estimate of drug-likeness (QED) is 0.262. The third-order valence-electron chi connectivity index (χ3n) is 4.85. The van der Waals surface area contributed by atoms with Gasteiger partial charge in [-0.2, -0.15) is 0 Å². The highest BCUT2D eigenvalue weighted by Gasteiger charge is 2.20. The second-order valence-corrected chi connectivity index (χ2v) is 7.92. The fraction of sp³-hybridized carbons (Fsp3) is 0.160. The molecule has 0 amide bonds. The molecule has 0 atom stereocenters. The predicted octanol–water partition coefficient (Wildman–Crippen LogP) is 4.79. The molecule has 4 aromatic rings. The summed E-state index contributed by atoms with van der Waals surface area (Å²) >= 11 is 1.26. The van der Waals surface area contributed by atoms with Gasteiger partial charge < -0.3 is 14.2 Å². The zero-order valence-corrected chi connectivity index (χ0v) is 19.1. The van der Waals surface area contributed by atoms with Crippen LogP contribution < -0.4 is 9.47 Å². The van der Waals surface area contributed by atoms with E-state index in [1.165, 1.54) is 11.8 Å². The predicted molar refractivity (Wildman–Crippen MR) is 127 cm³/mol. The van der Waals surface area contributed by atoms with Gasteiger partial charge in [0, 0.05) is 5.56 Å². The second-order valence-electron chi connectivity index (χ2n) is 6.98. The van der Waals surface area contributed by atoms with Gasteiger partial charge in [0.05, 0.1) is 25.7 Å². The number of esters is 1. The number of ether oxygens (including phenoxy) is 3. The minimum Gasteiger partial charge on any atom is -0.497 e. The number of methoxy groups -OCH3 is 2. The lowest BCUT2D eigenvalue weighted by atomic mass is 10.2. The van der Waals surface area contributed by atoms with Gasteiger partial charge in [-0.1, -0.05) is 66.4 Å². The topological polar surface area (TPSA) is 75.5 Å². The number of carbonyl (C=O) groups is 1. The molecule has 0 unspecified atom stereocenters. The molecule has 0 N–H and O–H groups in total. The van der Waals surface area contributed by atoms with Crippen LogP contribution in [0.25, 0.3) is 17.1 Å². The molecule has 33 heavy (non-hydrogen) atoms. The highest BCUT2D eigenvalue weighted by molar-refractivity contribution is 7.99. The van der Waals surface area contributed by atoms with Crippen molar-refractivity contribution in [3.63, 3.8) is 0 Å². The fourth-order valence-corrected chi connectivity index (χ4v) is 3.99. The van der Waals surface area contributed by atoms with Crippen LogP contribution in [0.2, 0.25) is 0 Å². The van der Waals surface area contributed by atoms with Gasteiger partial charge in [-0.15, -0.1) is 10.2 Å². The van der Waals surface area contributed by atoms with Gasteiger partial charge >= 0.3 is 5.97 Å². The first-order chi connectivity index (χ1) is 16.2. The van der Waals surface area contributed by atoms with Crippen molar-refractivity contribution in [2.24, 2.45) is 0 Å². The second kappa shape index (κ2) is 10.7. The average Bonchev–Trinajstić information content (AvgIpc) is 3.30. The van der Waals surface area contributed by atoms with Crippen molar-refractivity contribution in [2.75, 3.05) is 20.0 Å². The summed E-state index contributed by atoms with van der Waals surface area (Å²) in [5, 5.41) is 9.33. The van der Waals surface area contributed by atoms with Gasteiger partial charge in [-0.3, -0.25) is 9.36 Å². The Kier molecular flexibility index (Phi) is 7.26. The molecule has 0 aliphatic heterocycles. The minimum atomic E-state index is -0.332. The highest BCUT2D eigenvalue weighted by atomic mass is 32.2. The lowest BCUT2D eigenvalue weighted by Crippen LogP contribution is -2.09. The third kappa shape index (κ3) is 5.35. The number of thioether (sulfide) groups is 1. The summed E-state index contributed by atoms with van der Waals surface area (Å²) in [6, 6.07) is 24.7. The lowest BCUT2D eigenvalue weighted by Gasteiger charge is -2.14. The van der Waals surface area contributed by atoms with E-state index >= 15 is 0 Å². The SMILES string of the molecule is COc1cccc(-c2nnc(SCC(=O)OCc3ccccc3)n2-c2ccccc2OC)c1. The van der Waals surface area contributed by atoms with E-state index in [-0.39, 0.29) is 18.3 Å². The van der Waals surface area contributed by atoms with E-state index in [0.29, 0.717) is 22.5 Å². The summed E-state index contributed by atoms with van der Waals surface area (Å²) in [4.78, 5) is 12.4. The Balaban J connectivity index is 1.61. The number of carbonyl (C=O) groups excluding carboxylic acids is 1. The molecule has 0 bridgehead atoms. The Labute approximate surface area is 196 Å². The number of nitrogens with zero attached hydrogens (tertiary/aromatic N) is 3. The van der Waals surface area contributed by atoms with Gasteiger partial charge in [-0.25, -0.2) is 0 Å². The largest absolute Gasteiger partial charge is 0.497 e. The molecule has 0 saturated carbocycles. The van der Waals surface area contributed by atoms with Crippen LogP contribution in [0.5, 0.6) is 11.5 Å². The maximum Gasteiger partial charge on any atom is 0.316 e. The van der Waals surface area contributed by atoms with E-state index in [0.717, 1.165) is 16.8 Å². The molecule has 0 radical (unpaired) electrons. The molecule has 0 aliphatic carbocycles.